The molecule has 1 N–H and O–H groups in total. The first-order valence-corrected chi connectivity index (χ1v) is 11.7. The summed E-state index contributed by atoms with van der Waals surface area (Å²) >= 11 is 0. The summed E-state index contributed by atoms with van der Waals surface area (Å²) in [6, 6.07) is 19.1. The van der Waals surface area contributed by atoms with E-state index in [1.807, 2.05) is 36.4 Å². The molecule has 0 atom stereocenters. The van der Waals surface area contributed by atoms with Gasteiger partial charge in [0.1, 0.15) is 24.2 Å². The number of benzene rings is 2. The Bertz CT molecular complexity index is 1130. The second-order valence-electron chi connectivity index (χ2n) is 8.35. The van der Waals surface area contributed by atoms with Gasteiger partial charge in [0.2, 0.25) is 0 Å². The molecule has 0 unspecified atom stereocenters. The minimum atomic E-state index is -0.268. The van der Waals surface area contributed by atoms with Crippen molar-refractivity contribution < 1.29 is 9.53 Å². The van der Waals surface area contributed by atoms with Crippen LogP contribution in [-0.2, 0) is 6.42 Å². The Kier molecular flexibility index (Phi) is 7.84. The van der Waals surface area contributed by atoms with Crippen molar-refractivity contribution in [1.82, 2.24) is 20.2 Å². The smallest absolute Gasteiger partial charge is 0.252 e. The molecule has 1 aliphatic heterocycles. The van der Waals surface area contributed by atoms with Crippen molar-refractivity contribution in [1.29, 1.82) is 5.26 Å². The quantitative estimate of drug-likeness (QED) is 0.519. The molecule has 7 nitrogen and oxygen atoms in total. The van der Waals surface area contributed by atoms with E-state index in [-0.39, 0.29) is 18.6 Å². The number of piperidine rings is 1. The van der Waals surface area contributed by atoms with Crippen LogP contribution in [0.25, 0.3) is 11.3 Å². The first-order chi connectivity index (χ1) is 16.6. The van der Waals surface area contributed by atoms with Gasteiger partial charge in [-0.2, -0.15) is 5.26 Å². The van der Waals surface area contributed by atoms with Gasteiger partial charge in [0, 0.05) is 36.8 Å². The highest BCUT2D eigenvalue weighted by Gasteiger charge is 2.19. The van der Waals surface area contributed by atoms with Crippen molar-refractivity contribution >= 4 is 5.91 Å². The summed E-state index contributed by atoms with van der Waals surface area (Å²) in [7, 11) is 0. The predicted octanol–water partition coefficient (Wildman–Crippen LogP) is 3.85. The molecule has 0 bridgehead atoms. The molecule has 34 heavy (non-hydrogen) atoms. The number of amides is 1. The average Bonchev–Trinajstić information content (AvgIpc) is 2.89. The van der Waals surface area contributed by atoms with Crippen molar-refractivity contribution in [3.05, 3.63) is 77.7 Å². The van der Waals surface area contributed by atoms with E-state index >= 15 is 0 Å². The van der Waals surface area contributed by atoms with Crippen molar-refractivity contribution in [2.75, 3.05) is 26.2 Å². The lowest BCUT2D eigenvalue weighted by molar-refractivity contribution is 0.0958. The van der Waals surface area contributed by atoms with Crippen LogP contribution in [0.5, 0.6) is 5.75 Å². The Morgan fingerprint density at radius 2 is 1.85 bits per heavy atom. The minimum absolute atomic E-state index is 0.0127. The molecule has 0 saturated carbocycles. The van der Waals surface area contributed by atoms with Gasteiger partial charge in [0.15, 0.2) is 0 Å². The number of nitriles is 1. The molecule has 1 aliphatic rings. The number of hydrogen-bond donors (Lipinski definition) is 1. The second-order valence-corrected chi connectivity index (χ2v) is 8.35. The third-order valence-electron chi connectivity index (χ3n) is 6.05. The molecule has 174 valence electrons. The van der Waals surface area contributed by atoms with E-state index in [0.29, 0.717) is 12.0 Å². The zero-order valence-electron chi connectivity index (χ0n) is 19.4. The van der Waals surface area contributed by atoms with Gasteiger partial charge in [-0.3, -0.25) is 4.79 Å². The van der Waals surface area contributed by atoms with Gasteiger partial charge >= 0.3 is 0 Å². The Morgan fingerprint density at radius 1 is 1.12 bits per heavy atom. The minimum Gasteiger partial charge on any atom is -0.490 e. The topological polar surface area (TPSA) is 91.1 Å². The summed E-state index contributed by atoms with van der Waals surface area (Å²) in [5.41, 5.74) is 3.33. The Hall–Kier alpha value is -3.76. The third kappa shape index (κ3) is 6.18. The van der Waals surface area contributed by atoms with Crippen molar-refractivity contribution in [2.45, 2.75) is 32.3 Å². The summed E-state index contributed by atoms with van der Waals surface area (Å²) in [6.07, 6.45) is 4.81. The number of likely N-dealkylation sites (tertiary alicyclic amines) is 1. The number of hydrogen-bond acceptors (Lipinski definition) is 6. The standard InChI is InChI=1S/C27H29N5O2/c1-2-32-17-12-24(13-18-32)34-23-9-3-20(4-10-23)19-26-29-15-11-25(31-26)21-5-7-22(8-6-21)27(33)30-16-14-28/h3-11,15,24H,2,12-13,16-19H2,1H3,(H,30,33). The second kappa shape index (κ2) is 11.4. The molecular formula is C27H29N5O2. The number of rotatable bonds is 8. The molecule has 0 spiro atoms. The van der Waals surface area contributed by atoms with Gasteiger partial charge in [-0.15, -0.1) is 0 Å². The van der Waals surface area contributed by atoms with Crippen LogP contribution in [0.2, 0.25) is 0 Å². The predicted molar refractivity (Wildman–Crippen MR) is 130 cm³/mol. The van der Waals surface area contributed by atoms with Gasteiger partial charge in [0.05, 0.1) is 11.8 Å². The summed E-state index contributed by atoms with van der Waals surface area (Å²) in [5.74, 6) is 1.37. The molecule has 2 aromatic carbocycles. The summed E-state index contributed by atoms with van der Waals surface area (Å²) in [5, 5.41) is 11.1. The lowest BCUT2D eigenvalue weighted by atomic mass is 10.1. The highest BCUT2D eigenvalue weighted by molar-refractivity contribution is 5.94. The molecule has 2 heterocycles. The van der Waals surface area contributed by atoms with Crippen molar-refractivity contribution in [3.63, 3.8) is 0 Å². The van der Waals surface area contributed by atoms with Gasteiger partial charge in [0.25, 0.3) is 5.91 Å². The van der Waals surface area contributed by atoms with E-state index in [1.165, 1.54) is 0 Å². The van der Waals surface area contributed by atoms with Crippen molar-refractivity contribution in [2.24, 2.45) is 0 Å². The van der Waals surface area contributed by atoms with Gasteiger partial charge in [-0.25, -0.2) is 9.97 Å². The lowest BCUT2D eigenvalue weighted by Gasteiger charge is -2.31. The molecular weight excluding hydrogens is 426 g/mol. The number of nitrogens with one attached hydrogen (secondary N) is 1. The maximum Gasteiger partial charge on any atom is 0.252 e. The van der Waals surface area contributed by atoms with Gasteiger partial charge < -0.3 is 15.0 Å². The third-order valence-corrected chi connectivity index (χ3v) is 6.05. The van der Waals surface area contributed by atoms with E-state index in [4.69, 9.17) is 15.0 Å². The number of carbonyl (C=O) groups is 1. The number of aromatic nitrogens is 2. The molecule has 1 fully saturated rings. The van der Waals surface area contributed by atoms with E-state index < -0.39 is 0 Å². The molecule has 0 aliphatic carbocycles. The fourth-order valence-electron chi connectivity index (χ4n) is 4.06. The summed E-state index contributed by atoms with van der Waals surface area (Å²) in [4.78, 5) is 23.6. The molecule has 1 aromatic heterocycles. The maximum absolute atomic E-state index is 12.0. The van der Waals surface area contributed by atoms with Crippen molar-refractivity contribution in [3.8, 4) is 23.1 Å². The maximum atomic E-state index is 12.0. The van der Waals surface area contributed by atoms with Gasteiger partial charge in [-0.1, -0.05) is 31.2 Å². The largest absolute Gasteiger partial charge is 0.490 e. The van der Waals surface area contributed by atoms with Crippen LogP contribution in [-0.4, -0.2) is 53.1 Å². The van der Waals surface area contributed by atoms with Gasteiger partial charge in [-0.05, 0) is 55.3 Å². The lowest BCUT2D eigenvalue weighted by Crippen LogP contribution is -2.37. The fourth-order valence-corrected chi connectivity index (χ4v) is 4.06. The van der Waals surface area contributed by atoms with Crippen LogP contribution in [0.3, 0.4) is 0 Å². The highest BCUT2D eigenvalue weighted by Crippen LogP contribution is 2.21. The number of carbonyl (C=O) groups excluding carboxylic acids is 1. The van der Waals surface area contributed by atoms with Crippen LogP contribution >= 0.6 is 0 Å². The van der Waals surface area contributed by atoms with Crippen LogP contribution in [0, 0.1) is 11.3 Å². The average molecular weight is 456 g/mol. The Labute approximate surface area is 200 Å². The molecule has 4 rings (SSSR count). The van der Waals surface area contributed by atoms with Crippen LogP contribution < -0.4 is 10.1 Å². The zero-order chi connectivity index (χ0) is 23.8. The van der Waals surface area contributed by atoms with E-state index in [9.17, 15) is 4.79 Å². The SMILES string of the molecule is CCN1CCC(Oc2ccc(Cc3nccc(-c4ccc(C(=O)NCC#N)cc4)n3)cc2)CC1. The fraction of sp³-hybridized carbons (Fsp3) is 0.333. The normalized spacial score (nSPS) is 14.4. The van der Waals surface area contributed by atoms with Crippen LogP contribution in [0.4, 0.5) is 0 Å². The van der Waals surface area contributed by atoms with Crippen LogP contribution in [0.15, 0.2) is 60.8 Å². The summed E-state index contributed by atoms with van der Waals surface area (Å²) < 4.78 is 6.18. The number of nitrogens with zero attached hydrogens (tertiary/aromatic N) is 4. The zero-order valence-corrected chi connectivity index (χ0v) is 19.4. The Balaban J connectivity index is 1.36. The molecule has 0 radical (unpaired) electrons. The first kappa shape index (κ1) is 23.4. The van der Waals surface area contributed by atoms with E-state index in [0.717, 1.165) is 60.9 Å². The Morgan fingerprint density at radius 3 is 2.53 bits per heavy atom. The highest BCUT2D eigenvalue weighted by atomic mass is 16.5. The molecule has 1 amide bonds. The molecule has 7 heteroatoms. The molecule has 3 aromatic rings. The monoisotopic (exact) mass is 455 g/mol. The van der Waals surface area contributed by atoms with E-state index in [2.05, 4.69) is 34.3 Å². The van der Waals surface area contributed by atoms with E-state index in [1.54, 1.807) is 18.3 Å². The first-order valence-electron chi connectivity index (χ1n) is 11.7. The van der Waals surface area contributed by atoms with Crippen LogP contribution in [0.1, 0.15) is 41.5 Å². The summed E-state index contributed by atoms with van der Waals surface area (Å²) in [6.45, 7) is 5.50. The molecule has 1 saturated heterocycles. The number of ether oxygens (including phenoxy) is 1.